The van der Waals surface area contributed by atoms with Crippen LogP contribution in [0.5, 0.6) is 0 Å². The molecule has 72 valence electrons. The van der Waals surface area contributed by atoms with Gasteiger partial charge in [0.15, 0.2) is 0 Å². The van der Waals surface area contributed by atoms with Crippen LogP contribution in [0.4, 0.5) is 0 Å². The van der Waals surface area contributed by atoms with Crippen molar-refractivity contribution in [2.75, 3.05) is 0 Å². The van der Waals surface area contributed by atoms with Crippen LogP contribution in [0.3, 0.4) is 0 Å². The van der Waals surface area contributed by atoms with E-state index in [1.54, 1.807) is 0 Å². The van der Waals surface area contributed by atoms with Gasteiger partial charge in [-0.2, -0.15) is 0 Å². The Morgan fingerprint density at radius 2 is 0.308 bits per heavy atom. The van der Waals surface area contributed by atoms with Crippen molar-refractivity contribution in [2.24, 2.45) is 0 Å². The summed E-state index contributed by atoms with van der Waals surface area (Å²) in [6.45, 7) is 0. The maximum Gasteiger partial charge on any atom is 1.00 e. The number of hydrogen-bond acceptors (Lipinski definition) is 0. The molecular weight excluding hydrogens is 169 g/mol. The molecule has 0 spiro atoms. The van der Waals surface area contributed by atoms with Crippen molar-refractivity contribution in [2.45, 2.75) is 0 Å². The summed E-state index contributed by atoms with van der Waals surface area (Å²) in [5.41, 5.74) is 0. The molecule has 0 aliphatic carbocycles. The monoisotopic (exact) mass is 186 g/mol. The van der Waals surface area contributed by atoms with Crippen LogP contribution in [-0.2, 0) is 0 Å². The second-order valence-electron chi connectivity index (χ2n) is 0. The molecule has 13 heteroatoms. The molecule has 0 atom stereocenters. The predicted octanol–water partition coefficient (Wildman–Crippen LogP) is -13.1. The van der Waals surface area contributed by atoms with Crippen LogP contribution in [0.15, 0.2) is 0 Å². The Morgan fingerprint density at radius 3 is 0.308 bits per heavy atom. The van der Waals surface area contributed by atoms with E-state index in [-0.39, 0.29) is 113 Å². The summed E-state index contributed by atoms with van der Waals surface area (Å²) in [5, 5.41) is 0. The minimum atomic E-state index is 0. The van der Waals surface area contributed by atoms with Crippen LogP contribution in [-0.4, -0.2) is 72.0 Å². The summed E-state index contributed by atoms with van der Waals surface area (Å²) >= 11 is 0. The summed E-state index contributed by atoms with van der Waals surface area (Å²) < 4.78 is 0. The van der Waals surface area contributed by atoms with Gasteiger partial charge in [0, 0.05) is 33.7 Å². The summed E-state index contributed by atoms with van der Waals surface area (Å²) in [6, 6.07) is 0. The molecule has 0 amide bonds. The van der Waals surface area contributed by atoms with Gasteiger partial charge in [0.1, 0.15) is 0 Å². The molecule has 0 fully saturated rings. The van der Waals surface area contributed by atoms with Gasteiger partial charge in [0.05, 0.1) is 0 Å². The Kier molecular flexibility index (Phi) is 194000. The third-order valence-corrected chi connectivity index (χ3v) is 0. The summed E-state index contributed by atoms with van der Waals surface area (Å²) in [5.74, 6) is 0. The molecule has 7 nitrogen and oxygen atoms in total. The van der Waals surface area contributed by atoms with Crippen LogP contribution in [0.1, 0.15) is 2.85 Å². The van der Waals surface area contributed by atoms with Gasteiger partial charge in [-0.3, -0.25) is 0 Å². The maximum absolute atomic E-state index is 0. The van der Waals surface area contributed by atoms with Gasteiger partial charge in [-0.1, -0.05) is 0 Å². The van der Waals surface area contributed by atoms with Crippen molar-refractivity contribution in [1.82, 2.24) is 0 Å². The molecule has 14 N–H and O–H groups in total. The molecular formula is H16B4Li2O7. The predicted molar refractivity (Wildman–Crippen MR) is 50.5 cm³/mol. The van der Waals surface area contributed by atoms with Crippen molar-refractivity contribution < 1.29 is 78.9 Å². The molecule has 13 heavy (non-hydrogen) atoms. The minimum absolute atomic E-state index is 0. The third kappa shape index (κ3) is 1190. The van der Waals surface area contributed by atoms with Crippen molar-refractivity contribution >= 4 is 33.7 Å². The molecule has 0 unspecified atom stereocenters. The number of rotatable bonds is 0. The molecule has 0 aliphatic rings. The molecule has 12 radical (unpaired) electrons. The first-order valence-corrected chi connectivity index (χ1v) is 0. The molecule has 0 saturated carbocycles. The van der Waals surface area contributed by atoms with Gasteiger partial charge < -0.3 is 41.2 Å². The van der Waals surface area contributed by atoms with Crippen LogP contribution >= 0.6 is 0 Å². The first kappa shape index (κ1) is 1780. The average molecular weight is 185 g/mol. The molecule has 0 rings (SSSR count). The first-order valence-electron chi connectivity index (χ1n) is 0. The van der Waals surface area contributed by atoms with E-state index in [4.69, 9.17) is 0 Å². The fourth-order valence-electron chi connectivity index (χ4n) is 0. The van der Waals surface area contributed by atoms with E-state index in [0.717, 1.165) is 0 Å². The van der Waals surface area contributed by atoms with E-state index in [2.05, 4.69) is 0 Å². The van der Waals surface area contributed by atoms with Gasteiger partial charge in [-0.15, -0.1) is 0 Å². The molecule has 0 aromatic heterocycles. The molecule has 0 bridgehead atoms. The average Bonchev–Trinajstić information content (AvgIpc) is 0. The van der Waals surface area contributed by atoms with E-state index >= 15 is 0 Å². The van der Waals surface area contributed by atoms with Gasteiger partial charge in [-0.05, 0) is 0 Å². The fourth-order valence-corrected chi connectivity index (χ4v) is 0. The largest absolute Gasteiger partial charge is 1.00 e. The zero-order valence-corrected chi connectivity index (χ0v) is 7.81. The second-order valence-corrected chi connectivity index (χ2v) is 0. The van der Waals surface area contributed by atoms with E-state index < -0.39 is 0 Å². The van der Waals surface area contributed by atoms with Gasteiger partial charge in [0.2, 0.25) is 0 Å². The Labute approximate surface area is 113 Å². The molecule has 0 aromatic rings. The Bertz CT molecular complexity index is 27.0. The van der Waals surface area contributed by atoms with E-state index in [9.17, 15) is 0 Å². The van der Waals surface area contributed by atoms with Crippen LogP contribution in [0.25, 0.3) is 0 Å². The SMILES string of the molecule is O.O.O.O.O.O.O.[B].[B].[B].[B].[H-].[H-].[Li+].[Li+]. The zero-order chi connectivity index (χ0) is 0. The normalized spacial score (nSPS) is 0. The fraction of sp³-hybridized carbons (Fsp3) is 0. The zero-order valence-electron chi connectivity index (χ0n) is 9.81. The van der Waals surface area contributed by atoms with Crippen molar-refractivity contribution in [1.29, 1.82) is 0 Å². The summed E-state index contributed by atoms with van der Waals surface area (Å²) in [4.78, 5) is 0. The topological polar surface area (TPSA) is 220 Å². The summed E-state index contributed by atoms with van der Waals surface area (Å²) in [7, 11) is 0. The van der Waals surface area contributed by atoms with Crippen LogP contribution in [0, 0.1) is 0 Å². The summed E-state index contributed by atoms with van der Waals surface area (Å²) in [6.07, 6.45) is 0. The third-order valence-electron chi connectivity index (χ3n) is 0. The molecule has 0 aliphatic heterocycles. The van der Waals surface area contributed by atoms with Gasteiger partial charge in [-0.25, -0.2) is 0 Å². The van der Waals surface area contributed by atoms with Crippen molar-refractivity contribution in [3.05, 3.63) is 0 Å². The smallest absolute Gasteiger partial charge is 1.00 e. The van der Waals surface area contributed by atoms with Crippen molar-refractivity contribution in [3.8, 4) is 0 Å². The Morgan fingerprint density at radius 1 is 0.308 bits per heavy atom. The quantitative estimate of drug-likeness (QED) is 0.320. The van der Waals surface area contributed by atoms with E-state index in [0.29, 0.717) is 0 Å². The van der Waals surface area contributed by atoms with E-state index in [1.165, 1.54) is 0 Å². The van der Waals surface area contributed by atoms with Crippen molar-refractivity contribution in [3.63, 3.8) is 0 Å². The minimum Gasteiger partial charge on any atom is -1.00 e. The van der Waals surface area contributed by atoms with Gasteiger partial charge in [0.25, 0.3) is 0 Å². The molecule has 0 heterocycles. The standard InChI is InChI=1S/4B.2Li.7H2O.2H/h;;;;;;7*1H2;;/q;;;;2*+1;;;;;;;;2*-1. The Balaban J connectivity index is 0. The number of hydrogen-bond donors (Lipinski definition) is 0. The maximum atomic E-state index is 0. The molecule has 0 aromatic carbocycles. The van der Waals surface area contributed by atoms with Crippen LogP contribution in [0.2, 0.25) is 0 Å². The van der Waals surface area contributed by atoms with Crippen LogP contribution < -0.4 is 37.7 Å². The second kappa shape index (κ2) is 1420. The van der Waals surface area contributed by atoms with Gasteiger partial charge >= 0.3 is 37.7 Å². The van der Waals surface area contributed by atoms with E-state index in [1.807, 2.05) is 0 Å². The Hall–Kier alpha value is 1.17. The first-order chi connectivity index (χ1) is 0. The molecule has 0 saturated heterocycles.